The smallest absolute Gasteiger partial charge is 0.338 e. The molecule has 0 aromatic heterocycles. The molecule has 0 bridgehead atoms. The summed E-state index contributed by atoms with van der Waals surface area (Å²) in [6.45, 7) is 3.97. The molecule has 1 aromatic carbocycles. The normalized spacial score (nSPS) is 20.5. The second kappa shape index (κ2) is 4.97. The minimum atomic E-state index is -0.242. The molecule has 1 aromatic rings. The van der Waals surface area contributed by atoms with Crippen LogP contribution in [0.5, 0.6) is 0 Å². The highest BCUT2D eigenvalue weighted by atomic mass is 16.5. The van der Waals surface area contributed by atoms with Gasteiger partial charge in [0.25, 0.3) is 0 Å². The molecule has 2 heteroatoms. The zero-order valence-electron chi connectivity index (χ0n) is 9.32. The van der Waals surface area contributed by atoms with Crippen molar-refractivity contribution in [2.75, 3.05) is 0 Å². The topological polar surface area (TPSA) is 26.3 Å². The molecule has 1 atom stereocenters. The van der Waals surface area contributed by atoms with Crippen molar-refractivity contribution >= 4 is 5.97 Å². The Hall–Kier alpha value is -1.57. The van der Waals surface area contributed by atoms with E-state index in [1.54, 1.807) is 12.1 Å². The maximum atomic E-state index is 11.8. The van der Waals surface area contributed by atoms with Gasteiger partial charge in [-0.2, -0.15) is 0 Å². The molecule has 1 aliphatic carbocycles. The van der Waals surface area contributed by atoms with Crippen LogP contribution in [0.2, 0.25) is 0 Å². The predicted molar refractivity (Wildman–Crippen MR) is 63.3 cm³/mol. The highest BCUT2D eigenvalue weighted by Crippen LogP contribution is 2.25. The van der Waals surface area contributed by atoms with Crippen molar-refractivity contribution in [1.82, 2.24) is 0 Å². The van der Waals surface area contributed by atoms with E-state index >= 15 is 0 Å². The minimum Gasteiger partial charge on any atom is -0.454 e. The fourth-order valence-corrected chi connectivity index (χ4v) is 1.96. The van der Waals surface area contributed by atoms with Crippen molar-refractivity contribution in [2.24, 2.45) is 0 Å². The van der Waals surface area contributed by atoms with Crippen molar-refractivity contribution in [3.8, 4) is 0 Å². The molecule has 0 heterocycles. The van der Waals surface area contributed by atoms with E-state index in [2.05, 4.69) is 6.58 Å². The van der Waals surface area contributed by atoms with Gasteiger partial charge in [-0.1, -0.05) is 24.8 Å². The molecule has 1 fully saturated rings. The monoisotopic (exact) mass is 216 g/mol. The largest absolute Gasteiger partial charge is 0.454 e. The average Bonchev–Trinajstić information content (AvgIpc) is 2.33. The molecule has 1 unspecified atom stereocenters. The van der Waals surface area contributed by atoms with Gasteiger partial charge in [-0.05, 0) is 43.4 Å². The van der Waals surface area contributed by atoms with Gasteiger partial charge in [-0.25, -0.2) is 4.79 Å². The summed E-state index contributed by atoms with van der Waals surface area (Å²) in [6.07, 6.45) is 4.09. The third kappa shape index (κ3) is 2.51. The van der Waals surface area contributed by atoms with Crippen molar-refractivity contribution in [3.63, 3.8) is 0 Å². The van der Waals surface area contributed by atoms with Crippen LogP contribution in [-0.2, 0) is 4.74 Å². The second-order valence-corrected chi connectivity index (χ2v) is 4.16. The minimum absolute atomic E-state index is 0.0820. The Morgan fingerprint density at radius 2 is 2.00 bits per heavy atom. The maximum Gasteiger partial charge on any atom is 0.338 e. The maximum absolute atomic E-state index is 11.8. The first-order valence-corrected chi connectivity index (χ1v) is 5.71. The molecule has 2 rings (SSSR count). The van der Waals surface area contributed by atoms with Crippen LogP contribution in [-0.4, -0.2) is 12.1 Å². The van der Waals surface area contributed by atoms with Gasteiger partial charge in [-0.3, -0.25) is 0 Å². The first-order valence-electron chi connectivity index (χ1n) is 5.71. The van der Waals surface area contributed by atoms with E-state index in [0.717, 1.165) is 31.3 Å². The molecular weight excluding hydrogens is 200 g/mol. The summed E-state index contributed by atoms with van der Waals surface area (Å²) in [6, 6.07) is 9.11. The molecular formula is C14H16O2. The Kier molecular flexibility index (Phi) is 3.40. The van der Waals surface area contributed by atoms with Gasteiger partial charge in [-0.15, -0.1) is 0 Å². The molecule has 1 aliphatic rings. The van der Waals surface area contributed by atoms with E-state index in [9.17, 15) is 4.79 Å². The van der Waals surface area contributed by atoms with E-state index in [0.29, 0.717) is 5.56 Å². The average molecular weight is 216 g/mol. The molecule has 2 nitrogen and oxygen atoms in total. The van der Waals surface area contributed by atoms with Crippen LogP contribution in [0.25, 0.3) is 0 Å². The van der Waals surface area contributed by atoms with E-state index < -0.39 is 0 Å². The molecule has 16 heavy (non-hydrogen) atoms. The lowest BCUT2D eigenvalue weighted by Gasteiger charge is -2.24. The van der Waals surface area contributed by atoms with E-state index in [4.69, 9.17) is 4.74 Å². The Morgan fingerprint density at radius 3 is 2.69 bits per heavy atom. The highest BCUT2D eigenvalue weighted by Gasteiger charge is 2.21. The lowest BCUT2D eigenvalue weighted by atomic mass is 9.93. The van der Waals surface area contributed by atoms with Crippen LogP contribution in [0, 0.1) is 0 Å². The Balaban J connectivity index is 1.99. The van der Waals surface area contributed by atoms with Gasteiger partial charge < -0.3 is 4.74 Å². The summed E-state index contributed by atoms with van der Waals surface area (Å²) in [5, 5.41) is 0. The lowest BCUT2D eigenvalue weighted by Crippen LogP contribution is -2.22. The van der Waals surface area contributed by atoms with Crippen molar-refractivity contribution < 1.29 is 9.53 Å². The Labute approximate surface area is 95.9 Å². The molecule has 0 saturated heterocycles. The highest BCUT2D eigenvalue weighted by molar-refractivity contribution is 5.89. The van der Waals surface area contributed by atoms with Gasteiger partial charge in [0.15, 0.2) is 0 Å². The number of benzene rings is 1. The summed E-state index contributed by atoms with van der Waals surface area (Å²) in [5.74, 6) is -0.242. The predicted octanol–water partition coefficient (Wildman–Crippen LogP) is 3.34. The number of esters is 1. The second-order valence-electron chi connectivity index (χ2n) is 4.16. The third-order valence-electron chi connectivity index (χ3n) is 2.93. The number of hydrogen-bond acceptors (Lipinski definition) is 2. The first-order chi connectivity index (χ1) is 7.77. The van der Waals surface area contributed by atoms with E-state index in [-0.39, 0.29) is 12.1 Å². The molecule has 84 valence electrons. The zero-order valence-corrected chi connectivity index (χ0v) is 9.32. The van der Waals surface area contributed by atoms with Crippen LogP contribution in [0.4, 0.5) is 0 Å². The fourth-order valence-electron chi connectivity index (χ4n) is 1.96. The third-order valence-corrected chi connectivity index (χ3v) is 2.93. The summed E-state index contributed by atoms with van der Waals surface area (Å²) in [5.41, 5.74) is 1.66. The number of ether oxygens (including phenoxy) is 1. The molecule has 1 saturated carbocycles. The Bertz CT molecular complexity index is 381. The fraction of sp³-hybridized carbons (Fsp3) is 0.357. The SMILES string of the molecule is C=C1CCCCC1OC(=O)c1ccccc1. The lowest BCUT2D eigenvalue weighted by molar-refractivity contribution is 0.0328. The van der Waals surface area contributed by atoms with Gasteiger partial charge in [0.05, 0.1) is 5.56 Å². The van der Waals surface area contributed by atoms with Crippen LogP contribution in [0.1, 0.15) is 36.0 Å². The van der Waals surface area contributed by atoms with E-state index in [1.165, 1.54) is 0 Å². The standard InChI is InChI=1S/C14H16O2/c1-11-7-5-6-10-13(11)16-14(15)12-8-3-2-4-9-12/h2-4,8-9,13H,1,5-7,10H2. The van der Waals surface area contributed by atoms with Crippen LogP contribution >= 0.6 is 0 Å². The molecule has 0 radical (unpaired) electrons. The number of carbonyl (C=O) groups excluding carboxylic acids is 1. The Morgan fingerprint density at radius 1 is 1.25 bits per heavy atom. The zero-order chi connectivity index (χ0) is 11.4. The number of hydrogen-bond donors (Lipinski definition) is 0. The van der Waals surface area contributed by atoms with Crippen LogP contribution in [0.15, 0.2) is 42.5 Å². The molecule has 0 aliphatic heterocycles. The van der Waals surface area contributed by atoms with Gasteiger partial charge in [0, 0.05) is 0 Å². The summed E-state index contributed by atoms with van der Waals surface area (Å²) in [4.78, 5) is 11.8. The first kappa shape index (κ1) is 10.9. The van der Waals surface area contributed by atoms with Crippen LogP contribution < -0.4 is 0 Å². The molecule has 0 spiro atoms. The summed E-state index contributed by atoms with van der Waals surface area (Å²) in [7, 11) is 0. The van der Waals surface area contributed by atoms with Gasteiger partial charge in [0.1, 0.15) is 6.10 Å². The van der Waals surface area contributed by atoms with Crippen molar-refractivity contribution in [3.05, 3.63) is 48.0 Å². The van der Waals surface area contributed by atoms with E-state index in [1.807, 2.05) is 18.2 Å². The van der Waals surface area contributed by atoms with Crippen molar-refractivity contribution in [2.45, 2.75) is 31.8 Å². The van der Waals surface area contributed by atoms with Crippen LogP contribution in [0.3, 0.4) is 0 Å². The quantitative estimate of drug-likeness (QED) is 0.560. The van der Waals surface area contributed by atoms with Gasteiger partial charge >= 0.3 is 5.97 Å². The number of carbonyl (C=O) groups is 1. The number of rotatable bonds is 2. The summed E-state index contributed by atoms with van der Waals surface area (Å²) < 4.78 is 5.45. The molecule has 0 N–H and O–H groups in total. The summed E-state index contributed by atoms with van der Waals surface area (Å²) >= 11 is 0. The van der Waals surface area contributed by atoms with Crippen molar-refractivity contribution in [1.29, 1.82) is 0 Å². The molecule has 0 amide bonds. The van der Waals surface area contributed by atoms with Gasteiger partial charge in [0.2, 0.25) is 0 Å².